The Balaban J connectivity index is 1.97. The summed E-state index contributed by atoms with van der Waals surface area (Å²) in [5.74, 6) is -3.82. The van der Waals surface area contributed by atoms with Crippen LogP contribution in [0.4, 0.5) is 4.39 Å². The average molecular weight is 401 g/mol. The standard InChI is InChI=1S/C20H20FN3O5/c1-2-19(17(26)20(22,18(27)28)9-13(25)11-21)10-15(24-29-19)14-7-3-5-12-6-4-8-23-16(12)14/h3-8H,2,9-11,22H2,1H3,(H,27,28). The monoisotopic (exact) mass is 401 g/mol. The number of oxime groups is 1. The van der Waals surface area contributed by atoms with Crippen LogP contribution >= 0.6 is 0 Å². The van der Waals surface area contributed by atoms with Crippen LogP contribution in [0.15, 0.2) is 41.7 Å². The van der Waals surface area contributed by atoms with Crippen molar-refractivity contribution in [3.05, 3.63) is 42.1 Å². The second-order valence-corrected chi connectivity index (χ2v) is 6.99. The molecule has 0 saturated heterocycles. The van der Waals surface area contributed by atoms with Crippen LogP contribution < -0.4 is 5.73 Å². The molecule has 3 rings (SSSR count). The van der Waals surface area contributed by atoms with Gasteiger partial charge in [-0.3, -0.25) is 14.6 Å². The Morgan fingerprint density at radius 2 is 2.03 bits per heavy atom. The number of aromatic nitrogens is 1. The van der Waals surface area contributed by atoms with E-state index in [1.54, 1.807) is 31.3 Å². The molecule has 0 amide bonds. The minimum Gasteiger partial charge on any atom is -0.480 e. The average Bonchev–Trinajstić information content (AvgIpc) is 3.18. The Kier molecular flexibility index (Phi) is 5.43. The van der Waals surface area contributed by atoms with Crippen LogP contribution in [0.25, 0.3) is 10.9 Å². The Bertz CT molecular complexity index is 1020. The van der Waals surface area contributed by atoms with Crippen molar-refractivity contribution in [2.24, 2.45) is 10.9 Å². The molecular formula is C20H20FN3O5. The SMILES string of the molecule is CCC1(C(=O)C(N)(CC(=O)CF)C(=O)O)CC(c2cccc3cccnc23)=NO1. The number of halogens is 1. The van der Waals surface area contributed by atoms with Crippen molar-refractivity contribution in [2.75, 3.05) is 6.67 Å². The van der Waals surface area contributed by atoms with Crippen molar-refractivity contribution in [3.63, 3.8) is 0 Å². The number of ketones is 2. The fourth-order valence-electron chi connectivity index (χ4n) is 3.45. The lowest BCUT2D eigenvalue weighted by atomic mass is 9.76. The molecule has 2 unspecified atom stereocenters. The van der Waals surface area contributed by atoms with E-state index < -0.39 is 41.8 Å². The van der Waals surface area contributed by atoms with E-state index in [0.717, 1.165) is 5.39 Å². The molecule has 9 heteroatoms. The minimum absolute atomic E-state index is 0.0476. The van der Waals surface area contributed by atoms with Crippen molar-refractivity contribution in [2.45, 2.75) is 37.3 Å². The van der Waals surface area contributed by atoms with Crippen LogP contribution in [-0.4, -0.2) is 51.2 Å². The lowest BCUT2D eigenvalue weighted by Gasteiger charge is -2.32. The molecular weight excluding hydrogens is 381 g/mol. The van der Waals surface area contributed by atoms with Gasteiger partial charge in [-0.25, -0.2) is 9.18 Å². The largest absolute Gasteiger partial charge is 0.480 e. The summed E-state index contributed by atoms with van der Waals surface area (Å²) < 4.78 is 12.7. The van der Waals surface area contributed by atoms with E-state index in [1.165, 1.54) is 0 Å². The molecule has 0 radical (unpaired) electrons. The molecule has 1 aromatic heterocycles. The maximum atomic E-state index is 13.2. The number of Topliss-reactive ketones (excluding diaryl/α,β-unsaturated/α-hetero) is 2. The molecule has 0 bridgehead atoms. The molecule has 152 valence electrons. The lowest BCUT2D eigenvalue weighted by Crippen LogP contribution is -2.63. The molecule has 8 nitrogen and oxygen atoms in total. The molecule has 29 heavy (non-hydrogen) atoms. The number of para-hydroxylation sites is 1. The number of carboxylic acids is 1. The van der Waals surface area contributed by atoms with Crippen LogP contribution in [-0.2, 0) is 19.2 Å². The number of hydrogen-bond acceptors (Lipinski definition) is 7. The van der Waals surface area contributed by atoms with Gasteiger partial charge in [0.25, 0.3) is 0 Å². The number of carbonyl (C=O) groups is 3. The van der Waals surface area contributed by atoms with Gasteiger partial charge in [0, 0.05) is 30.0 Å². The van der Waals surface area contributed by atoms with Gasteiger partial charge in [-0.1, -0.05) is 36.3 Å². The van der Waals surface area contributed by atoms with Crippen molar-refractivity contribution in [1.82, 2.24) is 4.98 Å². The molecule has 0 saturated carbocycles. The van der Waals surface area contributed by atoms with Gasteiger partial charge in [-0.05, 0) is 12.5 Å². The topological polar surface area (TPSA) is 132 Å². The highest BCUT2D eigenvalue weighted by atomic mass is 19.1. The molecule has 1 aliphatic heterocycles. The summed E-state index contributed by atoms with van der Waals surface area (Å²) in [7, 11) is 0. The molecule has 2 aromatic rings. The first-order valence-electron chi connectivity index (χ1n) is 9.01. The van der Waals surface area contributed by atoms with Crippen molar-refractivity contribution in [1.29, 1.82) is 0 Å². The molecule has 2 atom stereocenters. The molecule has 2 heterocycles. The van der Waals surface area contributed by atoms with E-state index in [1.807, 2.05) is 12.1 Å². The third kappa shape index (κ3) is 3.49. The molecule has 0 fully saturated rings. The number of benzene rings is 1. The van der Waals surface area contributed by atoms with E-state index in [4.69, 9.17) is 10.6 Å². The van der Waals surface area contributed by atoms with E-state index in [0.29, 0.717) is 16.8 Å². The summed E-state index contributed by atoms with van der Waals surface area (Å²) in [6.45, 7) is 0.208. The fraction of sp³-hybridized carbons (Fsp3) is 0.350. The van der Waals surface area contributed by atoms with Gasteiger partial charge >= 0.3 is 5.97 Å². The van der Waals surface area contributed by atoms with Crippen LogP contribution in [0.5, 0.6) is 0 Å². The number of fused-ring (bicyclic) bond motifs is 1. The Morgan fingerprint density at radius 1 is 1.31 bits per heavy atom. The second-order valence-electron chi connectivity index (χ2n) is 6.99. The summed E-state index contributed by atoms with van der Waals surface area (Å²) in [5, 5.41) is 14.4. The quantitative estimate of drug-likeness (QED) is 0.645. The maximum Gasteiger partial charge on any atom is 0.332 e. The van der Waals surface area contributed by atoms with Gasteiger partial charge in [-0.2, -0.15) is 0 Å². The predicted molar refractivity (Wildman–Crippen MR) is 102 cm³/mol. The number of nitrogens with zero attached hydrogens (tertiary/aromatic N) is 2. The summed E-state index contributed by atoms with van der Waals surface area (Å²) in [4.78, 5) is 46.2. The maximum absolute atomic E-state index is 13.2. The fourth-order valence-corrected chi connectivity index (χ4v) is 3.45. The second kappa shape index (κ2) is 7.67. The number of carboxylic acid groups (broad SMARTS) is 1. The number of rotatable bonds is 8. The van der Waals surface area contributed by atoms with Gasteiger partial charge < -0.3 is 15.7 Å². The summed E-state index contributed by atoms with van der Waals surface area (Å²) in [6.07, 6.45) is 0.674. The molecule has 0 spiro atoms. The highest BCUT2D eigenvalue weighted by Gasteiger charge is 2.57. The van der Waals surface area contributed by atoms with Crippen LogP contribution in [0, 0.1) is 0 Å². The number of pyridine rings is 1. The van der Waals surface area contributed by atoms with E-state index in [-0.39, 0.29) is 12.8 Å². The van der Waals surface area contributed by atoms with E-state index in [9.17, 15) is 23.9 Å². The number of alkyl halides is 1. The zero-order chi connectivity index (χ0) is 21.2. The summed E-state index contributed by atoms with van der Waals surface area (Å²) >= 11 is 0. The van der Waals surface area contributed by atoms with Gasteiger partial charge in [0.05, 0.1) is 11.2 Å². The smallest absolute Gasteiger partial charge is 0.332 e. The highest BCUT2D eigenvalue weighted by Crippen LogP contribution is 2.36. The Morgan fingerprint density at radius 3 is 2.69 bits per heavy atom. The normalized spacial score (nSPS) is 20.6. The molecule has 3 N–H and O–H groups in total. The molecule has 1 aliphatic rings. The molecule has 0 aliphatic carbocycles. The summed E-state index contributed by atoms with van der Waals surface area (Å²) in [5.41, 5.74) is 3.22. The van der Waals surface area contributed by atoms with Gasteiger partial charge in [0.1, 0.15) is 6.67 Å². The first kappa shape index (κ1) is 20.5. The lowest BCUT2D eigenvalue weighted by molar-refractivity contribution is -0.160. The minimum atomic E-state index is -2.61. The van der Waals surface area contributed by atoms with Crippen molar-refractivity contribution < 1.29 is 28.7 Å². The zero-order valence-corrected chi connectivity index (χ0v) is 15.7. The molecule has 1 aromatic carbocycles. The first-order chi connectivity index (χ1) is 13.8. The number of aliphatic carboxylic acids is 1. The first-order valence-corrected chi connectivity index (χ1v) is 9.01. The number of carbonyl (C=O) groups excluding carboxylic acids is 2. The summed E-state index contributed by atoms with van der Waals surface area (Å²) in [6, 6.07) is 9.11. The third-order valence-electron chi connectivity index (χ3n) is 5.12. The van der Waals surface area contributed by atoms with Gasteiger partial charge in [-0.15, -0.1) is 0 Å². The van der Waals surface area contributed by atoms with Crippen LogP contribution in [0.2, 0.25) is 0 Å². The van der Waals surface area contributed by atoms with E-state index >= 15 is 0 Å². The van der Waals surface area contributed by atoms with Crippen molar-refractivity contribution >= 4 is 34.2 Å². The van der Waals surface area contributed by atoms with Crippen molar-refractivity contribution in [3.8, 4) is 0 Å². The third-order valence-corrected chi connectivity index (χ3v) is 5.12. The Labute approximate surface area is 165 Å². The highest BCUT2D eigenvalue weighted by molar-refractivity contribution is 6.18. The predicted octanol–water partition coefficient (Wildman–Crippen LogP) is 1.79. The van der Waals surface area contributed by atoms with Gasteiger partial charge in [0.2, 0.25) is 11.4 Å². The van der Waals surface area contributed by atoms with E-state index in [2.05, 4.69) is 10.1 Å². The Hall–Kier alpha value is -3.20. The van der Waals surface area contributed by atoms with Gasteiger partial charge in [0.15, 0.2) is 11.3 Å². The van der Waals surface area contributed by atoms with Crippen LogP contribution in [0.1, 0.15) is 31.7 Å². The number of nitrogens with two attached hydrogens (primary N) is 1. The zero-order valence-electron chi connectivity index (χ0n) is 15.7. The number of hydrogen-bond donors (Lipinski definition) is 2. The van der Waals surface area contributed by atoms with Crippen LogP contribution in [0.3, 0.4) is 0 Å².